The number of amides is 1. The molecule has 0 saturated carbocycles. The van der Waals surface area contributed by atoms with Crippen molar-refractivity contribution in [1.29, 1.82) is 0 Å². The van der Waals surface area contributed by atoms with Crippen molar-refractivity contribution >= 4 is 30.8 Å². The topological polar surface area (TPSA) is 106 Å². The van der Waals surface area contributed by atoms with E-state index >= 15 is 0 Å². The van der Waals surface area contributed by atoms with Crippen LogP contribution in [0.1, 0.15) is 34.8 Å². The molecular formula is C38H34FNO7P+. The minimum absolute atomic E-state index is 0.0456. The van der Waals surface area contributed by atoms with Crippen LogP contribution in [0.5, 0.6) is 5.75 Å². The summed E-state index contributed by atoms with van der Waals surface area (Å²) in [7, 11) is -0.411. The molecule has 0 aliphatic carbocycles. The van der Waals surface area contributed by atoms with Gasteiger partial charge in [0, 0.05) is 23.2 Å². The Morgan fingerprint density at radius 3 is 2.02 bits per heavy atom. The monoisotopic (exact) mass is 666 g/mol. The number of Topliss-reactive ketones (excluding diaryl/α,β-unsaturated/α-hetero) is 1. The molecule has 1 heterocycles. The fourth-order valence-corrected chi connectivity index (χ4v) is 7.05. The van der Waals surface area contributed by atoms with Crippen LogP contribution in [-0.4, -0.2) is 42.2 Å². The smallest absolute Gasteiger partial charge is 0.445 e. The fourth-order valence-electron chi connectivity index (χ4n) is 5.95. The zero-order valence-electron chi connectivity index (χ0n) is 26.3. The molecule has 1 aliphatic heterocycles. The van der Waals surface area contributed by atoms with E-state index in [1.54, 1.807) is 36.4 Å². The van der Waals surface area contributed by atoms with Crippen molar-refractivity contribution in [2.45, 2.75) is 25.0 Å². The number of phenols is 1. The summed E-state index contributed by atoms with van der Waals surface area (Å²) in [6.07, 6.45) is -1.14. The van der Waals surface area contributed by atoms with Gasteiger partial charge in [-0.05, 0) is 83.3 Å². The Morgan fingerprint density at radius 1 is 0.812 bits per heavy atom. The van der Waals surface area contributed by atoms with Gasteiger partial charge in [-0.3, -0.25) is 9.69 Å². The lowest BCUT2D eigenvalue weighted by Crippen LogP contribution is -2.29. The van der Waals surface area contributed by atoms with Gasteiger partial charge in [0.1, 0.15) is 23.7 Å². The van der Waals surface area contributed by atoms with Crippen LogP contribution in [0, 0.1) is 5.82 Å². The average Bonchev–Trinajstić information content (AvgIpc) is 3.46. The SMILES string of the molecule is CO[P+](O)(OC)c1ccc(-c2ccc([C@@H]3[C@@H](CCC(=O)c4ccc(F)cc4)OC(=O)N3c3ccc(-c4ccccc4)cc3)c(O)c2)cc1. The van der Waals surface area contributed by atoms with E-state index < -0.39 is 32.0 Å². The van der Waals surface area contributed by atoms with E-state index in [4.69, 9.17) is 13.8 Å². The number of cyclic esters (lactones) is 1. The Labute approximate surface area is 278 Å². The fraction of sp³-hybridized carbons (Fsp3) is 0.158. The number of halogens is 1. The summed E-state index contributed by atoms with van der Waals surface area (Å²) in [4.78, 5) is 38.6. The highest BCUT2D eigenvalue weighted by Gasteiger charge is 2.45. The second-order valence-electron chi connectivity index (χ2n) is 11.3. The maximum absolute atomic E-state index is 13.5. The van der Waals surface area contributed by atoms with Crippen LogP contribution in [-0.2, 0) is 13.8 Å². The molecule has 0 spiro atoms. The molecule has 1 amide bonds. The summed E-state index contributed by atoms with van der Waals surface area (Å²) in [5.41, 5.74) is 4.86. The largest absolute Gasteiger partial charge is 0.508 e. The number of hydrogen-bond donors (Lipinski definition) is 2. The normalized spacial score (nSPS) is 16.2. The van der Waals surface area contributed by atoms with Gasteiger partial charge in [-0.15, -0.1) is 0 Å². The third-order valence-electron chi connectivity index (χ3n) is 8.52. The first-order valence-corrected chi connectivity index (χ1v) is 16.9. The van der Waals surface area contributed by atoms with Crippen LogP contribution in [0.15, 0.2) is 121 Å². The first-order chi connectivity index (χ1) is 23.2. The van der Waals surface area contributed by atoms with Gasteiger partial charge in [0.25, 0.3) is 0 Å². The Kier molecular flexibility index (Phi) is 9.66. The molecule has 1 saturated heterocycles. The number of carbonyl (C=O) groups excluding carboxylic acids is 2. The van der Waals surface area contributed by atoms with Crippen LogP contribution in [0.3, 0.4) is 0 Å². The van der Waals surface area contributed by atoms with Gasteiger partial charge < -0.3 is 9.84 Å². The molecule has 5 aromatic rings. The van der Waals surface area contributed by atoms with Gasteiger partial charge >= 0.3 is 14.0 Å². The predicted molar refractivity (Wildman–Crippen MR) is 184 cm³/mol. The first-order valence-electron chi connectivity index (χ1n) is 15.3. The molecular weight excluding hydrogens is 632 g/mol. The van der Waals surface area contributed by atoms with Gasteiger partial charge in [-0.1, -0.05) is 66.7 Å². The van der Waals surface area contributed by atoms with Crippen molar-refractivity contribution in [3.8, 4) is 28.0 Å². The van der Waals surface area contributed by atoms with Crippen molar-refractivity contribution in [2.24, 2.45) is 0 Å². The number of phenolic OH excluding ortho intramolecular Hbond substituents is 1. The zero-order valence-corrected chi connectivity index (χ0v) is 27.2. The Morgan fingerprint density at radius 2 is 1.40 bits per heavy atom. The van der Waals surface area contributed by atoms with E-state index in [1.807, 2.05) is 60.7 Å². The summed E-state index contributed by atoms with van der Waals surface area (Å²) in [5, 5.41) is 12.0. The summed E-state index contributed by atoms with van der Waals surface area (Å²) >= 11 is 0. The molecule has 10 heteroatoms. The molecule has 244 valence electrons. The molecule has 5 aromatic carbocycles. The highest BCUT2D eigenvalue weighted by Crippen LogP contribution is 2.54. The molecule has 0 radical (unpaired) electrons. The standard InChI is InChI=1S/C38H33FNO7P/c1-45-48(44,46-2)32-19-12-27(13-20-32)29-14-21-33(35(42)24-29)37-36(23-22-34(41)28-8-15-30(39)16-9-28)47-38(43)40(37)31-17-10-26(11-18-31)25-6-4-3-5-7-25/h3-21,24,36-37,44H,22-23H2,1-2H3/p+1/t36-,37-/m1/s1. The van der Waals surface area contributed by atoms with Gasteiger partial charge in [-0.25, -0.2) is 9.18 Å². The van der Waals surface area contributed by atoms with Gasteiger partial charge in [-0.2, -0.15) is 13.9 Å². The van der Waals surface area contributed by atoms with Crippen molar-refractivity contribution in [3.63, 3.8) is 0 Å². The molecule has 1 fully saturated rings. The Hall–Kier alpha value is -4.92. The first kappa shape index (κ1) is 33.0. The number of ether oxygens (including phenoxy) is 1. The van der Waals surface area contributed by atoms with Crippen LogP contribution in [0.4, 0.5) is 14.9 Å². The number of ketones is 1. The second-order valence-corrected chi connectivity index (χ2v) is 13.6. The molecule has 48 heavy (non-hydrogen) atoms. The van der Waals surface area contributed by atoms with Crippen LogP contribution in [0.25, 0.3) is 22.3 Å². The van der Waals surface area contributed by atoms with Gasteiger partial charge in [0.15, 0.2) is 11.1 Å². The van der Waals surface area contributed by atoms with Crippen LogP contribution < -0.4 is 10.2 Å². The van der Waals surface area contributed by atoms with Gasteiger partial charge in [0.05, 0.1) is 14.2 Å². The van der Waals surface area contributed by atoms with E-state index in [0.717, 1.165) is 16.7 Å². The van der Waals surface area contributed by atoms with E-state index in [1.165, 1.54) is 43.4 Å². The van der Waals surface area contributed by atoms with Crippen molar-refractivity contribution in [3.05, 3.63) is 138 Å². The van der Waals surface area contributed by atoms with Crippen LogP contribution >= 0.6 is 7.94 Å². The molecule has 8 nitrogen and oxygen atoms in total. The highest BCUT2D eigenvalue weighted by atomic mass is 31.2. The summed E-state index contributed by atoms with van der Waals surface area (Å²) < 4.78 is 29.7. The second kappa shape index (κ2) is 14.1. The quantitative estimate of drug-likeness (QED) is 0.108. The maximum atomic E-state index is 13.5. The number of benzene rings is 5. The minimum atomic E-state index is -3.17. The lowest BCUT2D eigenvalue weighted by Gasteiger charge is -2.26. The Bertz CT molecular complexity index is 1900. The number of nitrogens with zero attached hydrogens (tertiary/aromatic N) is 1. The van der Waals surface area contributed by atoms with E-state index in [0.29, 0.717) is 27.7 Å². The minimum Gasteiger partial charge on any atom is -0.508 e. The number of aromatic hydroxyl groups is 1. The summed E-state index contributed by atoms with van der Waals surface area (Å²) in [6.45, 7) is 0. The molecule has 0 aromatic heterocycles. The van der Waals surface area contributed by atoms with Crippen molar-refractivity contribution < 1.29 is 37.8 Å². The molecule has 2 atom stereocenters. The molecule has 0 bridgehead atoms. The molecule has 1 aliphatic rings. The number of anilines is 1. The van der Waals surface area contributed by atoms with E-state index in [-0.39, 0.29) is 24.4 Å². The van der Waals surface area contributed by atoms with Crippen molar-refractivity contribution in [2.75, 3.05) is 19.1 Å². The number of rotatable bonds is 11. The Balaban J connectivity index is 1.32. The third kappa shape index (κ3) is 6.72. The maximum Gasteiger partial charge on any atom is 0.445 e. The zero-order chi connectivity index (χ0) is 33.8. The van der Waals surface area contributed by atoms with Crippen molar-refractivity contribution in [1.82, 2.24) is 0 Å². The molecule has 6 rings (SSSR count). The molecule has 2 N–H and O–H groups in total. The lowest BCUT2D eigenvalue weighted by molar-refractivity contribution is 0.0921. The van der Waals surface area contributed by atoms with E-state index in [9.17, 15) is 24.0 Å². The van der Waals surface area contributed by atoms with Gasteiger partial charge in [0.2, 0.25) is 0 Å². The summed E-state index contributed by atoms with van der Waals surface area (Å²) in [5.74, 6) is -0.707. The third-order valence-corrected chi connectivity index (χ3v) is 10.5. The number of hydrogen-bond acceptors (Lipinski definition) is 7. The number of carbonyl (C=O) groups is 2. The predicted octanol–water partition coefficient (Wildman–Crippen LogP) is 8.27. The van der Waals surface area contributed by atoms with Crippen LogP contribution in [0.2, 0.25) is 0 Å². The highest BCUT2D eigenvalue weighted by molar-refractivity contribution is 7.68. The lowest BCUT2D eigenvalue weighted by atomic mass is 9.92. The van der Waals surface area contributed by atoms with E-state index in [2.05, 4.69) is 0 Å². The molecule has 0 unspecified atom stereocenters. The average molecular weight is 667 g/mol. The summed E-state index contributed by atoms with van der Waals surface area (Å²) in [6, 6.07) is 34.1.